The van der Waals surface area contributed by atoms with Gasteiger partial charge in [0.25, 0.3) is 0 Å². The van der Waals surface area contributed by atoms with Gasteiger partial charge in [-0.2, -0.15) is 0 Å². The fourth-order valence-electron chi connectivity index (χ4n) is 6.88. The van der Waals surface area contributed by atoms with Gasteiger partial charge in [-0.15, -0.1) is 0 Å². The minimum atomic E-state index is -3.35. The average molecular weight is 614 g/mol. The lowest BCUT2D eigenvalue weighted by Gasteiger charge is -2.30. The van der Waals surface area contributed by atoms with Crippen molar-refractivity contribution >= 4 is 59.2 Å². The van der Waals surface area contributed by atoms with Crippen LogP contribution in [0.2, 0.25) is 0 Å². The van der Waals surface area contributed by atoms with E-state index in [-0.39, 0.29) is 0 Å². The van der Waals surface area contributed by atoms with Crippen LogP contribution in [0.25, 0.3) is 32.3 Å². The molecule has 2 aliphatic rings. The molecule has 0 atom stereocenters. The molecule has 228 valence electrons. The van der Waals surface area contributed by atoms with Crippen molar-refractivity contribution in [3.05, 3.63) is 120 Å². The number of piperazine rings is 1. The Morgan fingerprint density at radius 3 is 2.13 bits per heavy atom. The highest BCUT2D eigenvalue weighted by atomic mass is 32.2. The van der Waals surface area contributed by atoms with Crippen LogP contribution in [0, 0.1) is 0 Å². The van der Waals surface area contributed by atoms with Gasteiger partial charge in [-0.05, 0) is 88.0 Å². The Morgan fingerprint density at radius 1 is 0.644 bits per heavy atom. The fourth-order valence-corrected chi connectivity index (χ4v) is 7.71. The second-order valence-corrected chi connectivity index (χ2v) is 14.1. The van der Waals surface area contributed by atoms with E-state index in [9.17, 15) is 8.42 Å². The Morgan fingerprint density at radius 2 is 1.33 bits per heavy atom. The molecule has 1 fully saturated rings. The van der Waals surface area contributed by atoms with Gasteiger partial charge in [0.15, 0.2) is 9.84 Å². The zero-order valence-corrected chi connectivity index (χ0v) is 26.5. The van der Waals surface area contributed by atoms with Crippen LogP contribution in [0.15, 0.2) is 114 Å². The molecule has 0 radical (unpaired) electrons. The van der Waals surface area contributed by atoms with Crippen molar-refractivity contribution in [3.8, 4) is 0 Å². The van der Waals surface area contributed by atoms with Crippen LogP contribution in [-0.2, 0) is 22.7 Å². The molecule has 1 heterocycles. The van der Waals surface area contributed by atoms with E-state index in [1.54, 1.807) is 17.2 Å². The lowest BCUT2D eigenvalue weighted by atomic mass is 9.86. The molecule has 8 rings (SSSR count). The number of nitrogens with one attached hydrogen (secondary N) is 2. The third-order valence-corrected chi connectivity index (χ3v) is 10.3. The Kier molecular flexibility index (Phi) is 8.18. The van der Waals surface area contributed by atoms with Gasteiger partial charge in [0, 0.05) is 49.2 Å². The molecule has 1 aliphatic heterocycles. The maximum atomic E-state index is 12.3. The highest BCUT2D eigenvalue weighted by molar-refractivity contribution is 7.90. The number of fused-ring (bicyclic) bond motifs is 6. The number of hydrogen-bond donors (Lipinski definition) is 2. The van der Waals surface area contributed by atoms with Gasteiger partial charge in [-0.1, -0.05) is 84.9 Å². The first-order valence-corrected chi connectivity index (χ1v) is 17.8. The van der Waals surface area contributed by atoms with Crippen LogP contribution in [0.1, 0.15) is 24.0 Å². The molecule has 1 aliphatic carbocycles. The Bertz CT molecular complexity index is 2110. The van der Waals surface area contributed by atoms with E-state index in [4.69, 9.17) is 0 Å². The monoisotopic (exact) mass is 613 g/mol. The summed E-state index contributed by atoms with van der Waals surface area (Å²) in [5.74, 6) is 0. The summed E-state index contributed by atoms with van der Waals surface area (Å²) >= 11 is 0. The van der Waals surface area contributed by atoms with Crippen molar-refractivity contribution < 1.29 is 8.42 Å². The normalized spacial score (nSPS) is 15.0. The van der Waals surface area contributed by atoms with Crippen molar-refractivity contribution in [2.75, 3.05) is 42.7 Å². The summed E-state index contributed by atoms with van der Waals surface area (Å²) in [6, 6.07) is 37.6. The van der Waals surface area contributed by atoms with Crippen molar-refractivity contribution in [1.29, 1.82) is 0 Å². The number of hydrogen-bond acceptors (Lipinski definition) is 5. The van der Waals surface area contributed by atoms with E-state index in [2.05, 4.69) is 76.2 Å². The van der Waals surface area contributed by atoms with E-state index in [0.29, 0.717) is 10.6 Å². The summed E-state index contributed by atoms with van der Waals surface area (Å²) in [6.45, 7) is 3.68. The summed E-state index contributed by atoms with van der Waals surface area (Å²) in [5.41, 5.74) is 5.72. The second-order valence-electron chi connectivity index (χ2n) is 12.1. The van der Waals surface area contributed by atoms with Crippen molar-refractivity contribution in [1.82, 2.24) is 5.32 Å². The lowest BCUT2D eigenvalue weighted by molar-refractivity contribution is 0.589. The molecule has 5 nitrogen and oxygen atoms in total. The molecule has 0 spiro atoms. The molecule has 0 unspecified atom stereocenters. The van der Waals surface area contributed by atoms with Gasteiger partial charge in [-0.25, -0.2) is 8.42 Å². The molecular weight excluding hydrogens is 575 g/mol. The number of rotatable bonds is 4. The Balaban J connectivity index is 0.000000156. The summed E-state index contributed by atoms with van der Waals surface area (Å²) in [6.07, 6.45) is 6.47. The Labute approximate surface area is 265 Å². The molecule has 0 amide bonds. The van der Waals surface area contributed by atoms with Crippen LogP contribution in [0.5, 0.6) is 0 Å². The predicted octanol–water partition coefficient (Wildman–Crippen LogP) is 8.27. The molecular formula is C39H39N3O2S. The topological polar surface area (TPSA) is 61.4 Å². The number of nitrogens with zero attached hydrogens (tertiary/aromatic N) is 1. The van der Waals surface area contributed by atoms with Crippen LogP contribution < -0.4 is 15.5 Å². The molecule has 6 aromatic rings. The fraction of sp³-hybridized carbons (Fsp3) is 0.231. The van der Waals surface area contributed by atoms with Gasteiger partial charge in [0.2, 0.25) is 0 Å². The quantitative estimate of drug-likeness (QED) is 0.196. The maximum Gasteiger partial charge on any atom is 0.177 e. The number of benzene rings is 6. The smallest absolute Gasteiger partial charge is 0.177 e. The lowest BCUT2D eigenvalue weighted by Crippen LogP contribution is -2.43. The maximum absolute atomic E-state index is 12.3. The van der Waals surface area contributed by atoms with Crippen molar-refractivity contribution in [2.45, 2.75) is 30.6 Å². The minimum Gasteiger partial charge on any atom is -0.369 e. The van der Waals surface area contributed by atoms with Gasteiger partial charge < -0.3 is 15.5 Å². The molecule has 2 N–H and O–H groups in total. The van der Waals surface area contributed by atoms with E-state index in [1.807, 2.05) is 42.5 Å². The number of sulfone groups is 1. The highest BCUT2D eigenvalue weighted by Gasteiger charge is 2.18. The summed E-state index contributed by atoms with van der Waals surface area (Å²) in [5, 5.41) is 14.5. The first-order valence-electron chi connectivity index (χ1n) is 15.9. The van der Waals surface area contributed by atoms with E-state index in [1.165, 1.54) is 53.5 Å². The molecule has 45 heavy (non-hydrogen) atoms. The summed E-state index contributed by atoms with van der Waals surface area (Å²) in [4.78, 5) is 2.59. The van der Waals surface area contributed by atoms with Crippen LogP contribution >= 0.6 is 0 Å². The molecule has 6 heteroatoms. The highest BCUT2D eigenvalue weighted by Crippen LogP contribution is 2.34. The largest absolute Gasteiger partial charge is 0.369 e. The van der Waals surface area contributed by atoms with E-state index < -0.39 is 9.84 Å². The zero-order chi connectivity index (χ0) is 30.8. The van der Waals surface area contributed by atoms with E-state index in [0.717, 1.165) is 48.3 Å². The minimum absolute atomic E-state index is 0.314. The van der Waals surface area contributed by atoms with Gasteiger partial charge in [-0.3, -0.25) is 0 Å². The van der Waals surface area contributed by atoms with Crippen LogP contribution in [-0.4, -0.2) is 40.9 Å². The van der Waals surface area contributed by atoms with Crippen molar-refractivity contribution in [3.63, 3.8) is 0 Å². The van der Waals surface area contributed by atoms with E-state index >= 15 is 0 Å². The Hall–Kier alpha value is -4.39. The SMILES string of the molecule is CS(=O)(=O)c1ccc(N2CCNCC2)cc1Nc1cccc2ccccc12.c1ccc2c(c1)ccc1c3c(ccc12)CCCC3. The third kappa shape index (κ3) is 6.13. The van der Waals surface area contributed by atoms with Gasteiger partial charge in [0.05, 0.1) is 10.6 Å². The number of anilines is 3. The molecule has 1 saturated heterocycles. The zero-order valence-electron chi connectivity index (χ0n) is 25.7. The molecule has 0 aromatic heterocycles. The predicted molar refractivity (Wildman–Crippen MR) is 190 cm³/mol. The van der Waals surface area contributed by atoms with Gasteiger partial charge >= 0.3 is 0 Å². The number of aryl methyl sites for hydroxylation is 2. The molecule has 6 aromatic carbocycles. The second kappa shape index (κ2) is 12.5. The first kappa shape index (κ1) is 29.3. The summed E-state index contributed by atoms with van der Waals surface area (Å²) in [7, 11) is -3.35. The molecule has 0 bridgehead atoms. The van der Waals surface area contributed by atoms with Crippen molar-refractivity contribution in [2.24, 2.45) is 0 Å². The van der Waals surface area contributed by atoms with Crippen LogP contribution in [0.4, 0.5) is 17.1 Å². The molecule has 0 saturated carbocycles. The summed E-state index contributed by atoms with van der Waals surface area (Å²) < 4.78 is 24.7. The standard InChI is InChI=1S/C21H23N3O2S.C18H16/c1-27(25,26)21-10-9-17(24-13-11-22-12-14-24)15-20(21)23-19-8-4-6-16-5-2-3-7-18(16)19;1-3-7-15-13(5-1)9-11-18-16-8-4-2-6-14(16)10-12-17(15)18/h2-10,15,22-23H,11-14H2,1H3;1,3,5,7,9-12H,2,4,6,8H2. The third-order valence-electron chi connectivity index (χ3n) is 9.16. The van der Waals surface area contributed by atoms with Gasteiger partial charge in [0.1, 0.15) is 0 Å². The average Bonchev–Trinajstić information content (AvgIpc) is 3.08. The first-order chi connectivity index (χ1) is 22.0. The van der Waals surface area contributed by atoms with Crippen LogP contribution in [0.3, 0.4) is 0 Å².